The largest absolute Gasteiger partial charge is 1.00 e. The topological polar surface area (TPSA) is 100 Å². The van der Waals surface area contributed by atoms with Crippen LogP contribution in [0.1, 0.15) is 5.56 Å². The predicted octanol–water partition coefficient (Wildman–Crippen LogP) is -1.66. The first-order chi connectivity index (χ1) is 7.29. The predicted molar refractivity (Wildman–Crippen MR) is 56.4 cm³/mol. The van der Waals surface area contributed by atoms with Crippen molar-refractivity contribution in [2.24, 2.45) is 0 Å². The van der Waals surface area contributed by atoms with Gasteiger partial charge in [0.05, 0.1) is 20.1 Å². The first-order valence-corrected chi connectivity index (χ1v) is 6.11. The molecule has 6 nitrogen and oxygen atoms in total. The van der Waals surface area contributed by atoms with E-state index in [9.17, 15) is 23.1 Å². The van der Waals surface area contributed by atoms with E-state index in [2.05, 4.69) is 0 Å². The van der Waals surface area contributed by atoms with Gasteiger partial charge in [-0.25, -0.2) is 8.42 Å². The molecule has 0 aromatic heterocycles. The molecule has 0 atom stereocenters. The molecule has 0 saturated heterocycles. The van der Waals surface area contributed by atoms with Gasteiger partial charge in [0.15, 0.2) is 0 Å². The number of nitro benzene ring substituents is 1. The number of hydrogen-bond acceptors (Lipinski definition) is 5. The molecule has 9 heteroatoms. The average Bonchev–Trinajstić information content (AvgIpc) is 2.14. The maximum absolute atomic E-state index is 10.4. The Morgan fingerprint density at radius 1 is 1.35 bits per heavy atom. The summed E-state index contributed by atoms with van der Waals surface area (Å²) < 4.78 is 31.2. The molecule has 1 aromatic rings. The van der Waals surface area contributed by atoms with Gasteiger partial charge in [0.25, 0.3) is 5.69 Å². The second kappa shape index (κ2) is 6.67. The van der Waals surface area contributed by atoms with Gasteiger partial charge in [-0.3, -0.25) is 10.1 Å². The van der Waals surface area contributed by atoms with Crippen molar-refractivity contribution in [2.45, 2.75) is 6.42 Å². The van der Waals surface area contributed by atoms with Crippen LogP contribution in [0.15, 0.2) is 18.2 Å². The van der Waals surface area contributed by atoms with E-state index < -0.39 is 20.8 Å². The van der Waals surface area contributed by atoms with Gasteiger partial charge in [-0.2, -0.15) is 0 Å². The van der Waals surface area contributed by atoms with Crippen LogP contribution >= 0.6 is 11.6 Å². The third-order valence-corrected chi connectivity index (χ3v) is 2.92. The standard InChI is InChI=1S/C8H8ClNO5S.Na/c9-8-5-7(10(11)12)2-1-6(8)3-4-16(13,14)15;/h1-2,5H,3-4H2,(H,13,14,15);/q;+1/p-1. The van der Waals surface area contributed by atoms with Gasteiger partial charge in [-0.1, -0.05) is 17.7 Å². The van der Waals surface area contributed by atoms with Gasteiger partial charge in [0.1, 0.15) is 0 Å². The van der Waals surface area contributed by atoms with Gasteiger partial charge in [-0.15, -0.1) is 0 Å². The Bertz CT molecular complexity index is 519. The summed E-state index contributed by atoms with van der Waals surface area (Å²) in [5.41, 5.74) is 0.213. The summed E-state index contributed by atoms with van der Waals surface area (Å²) >= 11 is 5.70. The van der Waals surface area contributed by atoms with E-state index in [4.69, 9.17) is 11.6 Å². The van der Waals surface area contributed by atoms with E-state index in [1.807, 2.05) is 0 Å². The van der Waals surface area contributed by atoms with Crippen LogP contribution in [0.25, 0.3) is 0 Å². The fourth-order valence-corrected chi connectivity index (χ4v) is 1.83. The molecule has 0 heterocycles. The van der Waals surface area contributed by atoms with Crippen molar-refractivity contribution in [3.8, 4) is 0 Å². The summed E-state index contributed by atoms with van der Waals surface area (Å²) in [4.78, 5) is 9.77. The summed E-state index contributed by atoms with van der Waals surface area (Å²) in [6.07, 6.45) is -0.0529. The molecule has 0 unspecified atom stereocenters. The molecule has 88 valence electrons. The van der Waals surface area contributed by atoms with E-state index >= 15 is 0 Å². The second-order valence-corrected chi connectivity index (χ2v) is 4.98. The molecule has 0 saturated carbocycles. The molecule has 0 N–H and O–H groups in total. The Hall–Kier alpha value is -0.180. The number of benzene rings is 1. The number of nitro groups is 1. The number of non-ortho nitro benzene ring substituents is 1. The minimum absolute atomic E-state index is 0. The summed E-state index contributed by atoms with van der Waals surface area (Å²) in [6.45, 7) is 0. The molecule has 0 fully saturated rings. The molecule has 0 amide bonds. The normalized spacial score (nSPS) is 10.7. The third kappa shape index (κ3) is 5.80. The minimum Gasteiger partial charge on any atom is -0.748 e. The van der Waals surface area contributed by atoms with Crippen molar-refractivity contribution in [1.82, 2.24) is 0 Å². The monoisotopic (exact) mass is 287 g/mol. The Balaban J connectivity index is 0.00000256. The molecule has 0 bridgehead atoms. The van der Waals surface area contributed by atoms with Gasteiger partial charge < -0.3 is 4.55 Å². The van der Waals surface area contributed by atoms with Gasteiger partial charge >= 0.3 is 29.6 Å². The Labute approximate surface area is 125 Å². The molecular weight excluding hydrogens is 281 g/mol. The van der Waals surface area contributed by atoms with Crippen molar-refractivity contribution in [3.05, 3.63) is 38.9 Å². The zero-order valence-corrected chi connectivity index (χ0v) is 12.5. The number of halogens is 1. The number of nitrogens with zero attached hydrogens (tertiary/aromatic N) is 1. The van der Waals surface area contributed by atoms with Crippen LogP contribution < -0.4 is 29.6 Å². The molecule has 1 rings (SSSR count). The Morgan fingerprint density at radius 2 is 1.94 bits per heavy atom. The van der Waals surface area contributed by atoms with Crippen molar-refractivity contribution in [1.29, 1.82) is 0 Å². The summed E-state index contributed by atoms with van der Waals surface area (Å²) in [5, 5.41) is 10.5. The number of hydrogen-bond donors (Lipinski definition) is 0. The third-order valence-electron chi connectivity index (χ3n) is 1.87. The van der Waals surface area contributed by atoms with E-state index in [1.54, 1.807) is 0 Å². The fourth-order valence-electron chi connectivity index (χ4n) is 1.09. The zero-order chi connectivity index (χ0) is 12.3. The van der Waals surface area contributed by atoms with E-state index in [0.717, 1.165) is 6.07 Å². The van der Waals surface area contributed by atoms with Crippen LogP contribution in [0.5, 0.6) is 0 Å². The molecule has 17 heavy (non-hydrogen) atoms. The van der Waals surface area contributed by atoms with Crippen LogP contribution in [0.2, 0.25) is 5.02 Å². The van der Waals surface area contributed by atoms with Crippen LogP contribution in [0.3, 0.4) is 0 Å². The molecule has 0 aliphatic rings. The van der Waals surface area contributed by atoms with E-state index in [-0.39, 0.29) is 46.7 Å². The molecular formula is C8H7ClNNaO5S. The smallest absolute Gasteiger partial charge is 0.748 e. The van der Waals surface area contributed by atoms with Gasteiger partial charge in [0, 0.05) is 17.9 Å². The molecule has 1 aromatic carbocycles. The quantitative estimate of drug-likeness (QED) is 0.285. The van der Waals surface area contributed by atoms with Crippen molar-refractivity contribution in [2.75, 3.05) is 5.75 Å². The summed E-state index contributed by atoms with van der Waals surface area (Å²) in [7, 11) is -4.31. The molecule has 0 radical (unpaired) electrons. The van der Waals surface area contributed by atoms with Crippen LogP contribution in [0, 0.1) is 10.1 Å². The maximum atomic E-state index is 10.4. The first-order valence-electron chi connectivity index (χ1n) is 4.16. The van der Waals surface area contributed by atoms with Crippen LogP contribution in [-0.2, 0) is 16.5 Å². The second-order valence-electron chi connectivity index (χ2n) is 3.04. The molecule has 0 aliphatic carbocycles. The van der Waals surface area contributed by atoms with E-state index in [0.29, 0.717) is 5.56 Å². The van der Waals surface area contributed by atoms with Gasteiger partial charge in [0.2, 0.25) is 0 Å². The van der Waals surface area contributed by atoms with Crippen molar-refractivity contribution < 1.29 is 47.5 Å². The van der Waals surface area contributed by atoms with Crippen molar-refractivity contribution >= 4 is 27.4 Å². The number of aryl methyl sites for hydroxylation is 1. The average molecular weight is 288 g/mol. The van der Waals surface area contributed by atoms with Crippen LogP contribution in [0.4, 0.5) is 5.69 Å². The summed E-state index contributed by atoms with van der Waals surface area (Å²) in [5.74, 6) is -0.579. The number of rotatable bonds is 4. The van der Waals surface area contributed by atoms with Gasteiger partial charge in [-0.05, 0) is 12.0 Å². The fraction of sp³-hybridized carbons (Fsp3) is 0.250. The zero-order valence-electron chi connectivity index (χ0n) is 8.92. The molecule has 0 aliphatic heterocycles. The maximum Gasteiger partial charge on any atom is 1.00 e. The first kappa shape index (κ1) is 16.8. The van der Waals surface area contributed by atoms with Crippen molar-refractivity contribution in [3.63, 3.8) is 0 Å². The Kier molecular flexibility index (Phi) is 6.60. The molecule has 0 spiro atoms. The minimum atomic E-state index is -4.31. The Morgan fingerprint density at radius 3 is 2.35 bits per heavy atom. The SMILES string of the molecule is O=[N+]([O-])c1ccc(CCS(=O)(=O)[O-])c(Cl)c1.[Na+]. The van der Waals surface area contributed by atoms with E-state index in [1.165, 1.54) is 12.1 Å². The van der Waals surface area contributed by atoms with Crippen LogP contribution in [-0.4, -0.2) is 23.6 Å². The summed E-state index contributed by atoms with van der Waals surface area (Å²) in [6, 6.07) is 3.67.